The van der Waals surface area contributed by atoms with Crippen molar-refractivity contribution in [2.75, 3.05) is 0 Å². The number of nitrogens with zero attached hydrogens (tertiary/aromatic N) is 5. The molecule has 0 spiro atoms. The van der Waals surface area contributed by atoms with Crippen LogP contribution >= 0.6 is 0 Å². The van der Waals surface area contributed by atoms with Crippen LogP contribution < -0.4 is 0 Å². The third-order valence-electron chi connectivity index (χ3n) is 10.8. The fourth-order valence-electron chi connectivity index (χ4n) is 8.51. The molecule has 10 aromatic rings. The van der Waals surface area contributed by atoms with E-state index in [9.17, 15) is 0 Å². The predicted octanol–water partition coefficient (Wildman–Crippen LogP) is 11.9. The molecule has 10 rings (SSSR count). The number of rotatable bonds is 6. The summed E-state index contributed by atoms with van der Waals surface area (Å²) in [7, 11) is 0. The molecule has 0 saturated carbocycles. The minimum Gasteiger partial charge on any atom is -0.341 e. The maximum absolute atomic E-state index is 5.33. The molecule has 5 nitrogen and oxygen atoms in total. The molecule has 0 amide bonds. The molecule has 0 aliphatic carbocycles. The smallest absolute Gasteiger partial charge is 0.160 e. The highest BCUT2D eigenvalue weighted by Crippen LogP contribution is 2.37. The van der Waals surface area contributed by atoms with Crippen LogP contribution in [0.25, 0.3) is 99.3 Å². The van der Waals surface area contributed by atoms with Crippen molar-refractivity contribution >= 4 is 65.4 Å². The standard InChI is InChI=1S/C46H37N5/c1-4-49-40-16-10-7-13-32(40)35-25-29(19-22-43(35)49)38-28-39(30-20-23-44-36(26-30)33-14-8-11-17-41(33)50(44)5-2)48-46(47-38)31-21-24-45-37(27-31)34-15-9-12-18-42(34)51(45)6-3/h7-28H,4-6H2,1-3H3. The van der Waals surface area contributed by atoms with Gasteiger partial charge in [0.25, 0.3) is 0 Å². The van der Waals surface area contributed by atoms with Crippen LogP contribution in [0, 0.1) is 0 Å². The zero-order valence-corrected chi connectivity index (χ0v) is 29.1. The van der Waals surface area contributed by atoms with Crippen LogP contribution in [-0.2, 0) is 19.6 Å². The summed E-state index contributed by atoms with van der Waals surface area (Å²) in [5.41, 5.74) is 12.5. The van der Waals surface area contributed by atoms with Gasteiger partial charge >= 0.3 is 0 Å². The summed E-state index contributed by atoms with van der Waals surface area (Å²) >= 11 is 0. The van der Waals surface area contributed by atoms with Crippen LogP contribution in [0.15, 0.2) is 133 Å². The first-order valence-electron chi connectivity index (χ1n) is 18.1. The largest absolute Gasteiger partial charge is 0.341 e. The second-order valence-corrected chi connectivity index (χ2v) is 13.4. The van der Waals surface area contributed by atoms with Crippen molar-refractivity contribution in [2.45, 2.75) is 40.4 Å². The van der Waals surface area contributed by atoms with Gasteiger partial charge in [0.2, 0.25) is 0 Å². The Hall–Kier alpha value is -6.20. The van der Waals surface area contributed by atoms with Crippen LogP contribution in [0.4, 0.5) is 0 Å². The minimum atomic E-state index is 0.727. The van der Waals surface area contributed by atoms with Gasteiger partial charge in [0.1, 0.15) is 0 Å². The van der Waals surface area contributed by atoms with Gasteiger partial charge in [-0.15, -0.1) is 0 Å². The van der Waals surface area contributed by atoms with E-state index in [0.29, 0.717) is 0 Å². The monoisotopic (exact) mass is 659 g/mol. The van der Waals surface area contributed by atoms with Crippen LogP contribution in [-0.4, -0.2) is 23.7 Å². The second kappa shape index (κ2) is 11.4. The van der Waals surface area contributed by atoms with Gasteiger partial charge in [0, 0.05) is 102 Å². The molecule has 0 saturated heterocycles. The van der Waals surface area contributed by atoms with Gasteiger partial charge in [-0.25, -0.2) is 9.97 Å². The molecule has 6 aromatic carbocycles. The maximum Gasteiger partial charge on any atom is 0.160 e. The first-order chi connectivity index (χ1) is 25.1. The summed E-state index contributed by atoms with van der Waals surface area (Å²) < 4.78 is 7.19. The molecule has 0 fully saturated rings. The van der Waals surface area contributed by atoms with Crippen molar-refractivity contribution < 1.29 is 0 Å². The molecule has 4 aromatic heterocycles. The van der Waals surface area contributed by atoms with Crippen molar-refractivity contribution in [1.29, 1.82) is 0 Å². The number of aromatic nitrogens is 5. The van der Waals surface area contributed by atoms with Gasteiger partial charge in [0.05, 0.1) is 11.4 Å². The molecule has 4 heterocycles. The summed E-state index contributed by atoms with van der Waals surface area (Å²) in [5, 5.41) is 7.50. The number of fused-ring (bicyclic) bond motifs is 9. The van der Waals surface area contributed by atoms with Crippen molar-refractivity contribution in [3.8, 4) is 33.9 Å². The Bertz CT molecular complexity index is 2660. The average Bonchev–Trinajstić information content (AvgIpc) is 3.81. The van der Waals surface area contributed by atoms with E-state index in [4.69, 9.17) is 9.97 Å². The van der Waals surface area contributed by atoms with Gasteiger partial charge in [-0.3, -0.25) is 0 Å². The first-order valence-corrected chi connectivity index (χ1v) is 18.1. The van der Waals surface area contributed by atoms with Gasteiger partial charge in [-0.2, -0.15) is 0 Å². The maximum atomic E-state index is 5.33. The van der Waals surface area contributed by atoms with Crippen molar-refractivity contribution in [2.24, 2.45) is 0 Å². The highest BCUT2D eigenvalue weighted by molar-refractivity contribution is 6.11. The summed E-state index contributed by atoms with van der Waals surface area (Å²) in [5.74, 6) is 0.727. The lowest BCUT2D eigenvalue weighted by Gasteiger charge is -2.11. The molecule has 5 heteroatoms. The summed E-state index contributed by atoms with van der Waals surface area (Å²) in [6.07, 6.45) is 0. The topological polar surface area (TPSA) is 40.6 Å². The molecule has 0 aliphatic heterocycles. The Morgan fingerprint density at radius 3 is 1.08 bits per heavy atom. The molecular formula is C46H37N5. The van der Waals surface area contributed by atoms with Crippen molar-refractivity contribution in [3.05, 3.63) is 133 Å². The van der Waals surface area contributed by atoms with E-state index in [2.05, 4.69) is 168 Å². The molecule has 246 valence electrons. The van der Waals surface area contributed by atoms with E-state index in [1.807, 2.05) is 0 Å². The van der Waals surface area contributed by atoms with E-state index >= 15 is 0 Å². The Morgan fingerprint density at radius 1 is 0.353 bits per heavy atom. The Kier molecular flexibility index (Phi) is 6.65. The highest BCUT2D eigenvalue weighted by Gasteiger charge is 2.18. The van der Waals surface area contributed by atoms with Gasteiger partial charge < -0.3 is 13.7 Å². The highest BCUT2D eigenvalue weighted by atomic mass is 15.0. The normalized spacial score (nSPS) is 12.1. The molecule has 0 bridgehead atoms. The minimum absolute atomic E-state index is 0.727. The zero-order valence-electron chi connectivity index (χ0n) is 29.1. The van der Waals surface area contributed by atoms with Crippen LogP contribution in [0.3, 0.4) is 0 Å². The van der Waals surface area contributed by atoms with Crippen LogP contribution in [0.1, 0.15) is 20.8 Å². The molecule has 0 radical (unpaired) electrons. The molecule has 0 aliphatic rings. The van der Waals surface area contributed by atoms with E-state index in [-0.39, 0.29) is 0 Å². The van der Waals surface area contributed by atoms with Gasteiger partial charge in [-0.05, 0) is 87.5 Å². The van der Waals surface area contributed by atoms with E-state index in [1.165, 1.54) is 65.4 Å². The third kappa shape index (κ3) is 4.41. The number of hydrogen-bond acceptors (Lipinski definition) is 2. The van der Waals surface area contributed by atoms with Crippen LogP contribution in [0.2, 0.25) is 0 Å². The van der Waals surface area contributed by atoms with Crippen molar-refractivity contribution in [3.63, 3.8) is 0 Å². The number of aryl methyl sites for hydroxylation is 3. The Morgan fingerprint density at radius 2 is 0.686 bits per heavy atom. The lowest BCUT2D eigenvalue weighted by atomic mass is 10.0. The molecule has 0 unspecified atom stereocenters. The SMILES string of the molecule is CCn1c2ccccc2c2cc(-c3cc(-c4ccc5c(c4)c4ccccc4n5CC)nc(-c4ccc5c(c4)c4ccccc4n5CC)n3)ccc21. The van der Waals surface area contributed by atoms with Gasteiger partial charge in [0.15, 0.2) is 5.82 Å². The quantitative estimate of drug-likeness (QED) is 0.178. The second-order valence-electron chi connectivity index (χ2n) is 13.4. The first kappa shape index (κ1) is 29.7. The van der Waals surface area contributed by atoms with E-state index < -0.39 is 0 Å². The fourth-order valence-corrected chi connectivity index (χ4v) is 8.51. The number of para-hydroxylation sites is 3. The molecule has 0 N–H and O–H groups in total. The third-order valence-corrected chi connectivity index (χ3v) is 10.8. The Balaban J connectivity index is 1.22. The summed E-state index contributed by atoms with van der Waals surface area (Å²) in [6.45, 7) is 9.38. The Labute approximate surface area is 296 Å². The average molecular weight is 660 g/mol. The summed E-state index contributed by atoms with van der Waals surface area (Å²) in [6, 6.07) is 48.6. The van der Waals surface area contributed by atoms with Crippen LogP contribution in [0.5, 0.6) is 0 Å². The lowest BCUT2D eigenvalue weighted by Crippen LogP contribution is -1.97. The predicted molar refractivity (Wildman–Crippen MR) is 214 cm³/mol. The molecular weight excluding hydrogens is 623 g/mol. The zero-order chi connectivity index (χ0) is 34.2. The lowest BCUT2D eigenvalue weighted by molar-refractivity contribution is 0.827. The summed E-state index contributed by atoms with van der Waals surface area (Å²) in [4.78, 5) is 10.7. The fraction of sp³-hybridized carbons (Fsp3) is 0.130. The number of benzene rings is 6. The molecule has 0 atom stereocenters. The van der Waals surface area contributed by atoms with E-state index in [1.54, 1.807) is 0 Å². The van der Waals surface area contributed by atoms with E-state index in [0.717, 1.165) is 53.5 Å². The van der Waals surface area contributed by atoms with Crippen molar-refractivity contribution in [1.82, 2.24) is 23.7 Å². The number of hydrogen-bond donors (Lipinski definition) is 0. The molecule has 51 heavy (non-hydrogen) atoms. The van der Waals surface area contributed by atoms with Gasteiger partial charge in [-0.1, -0.05) is 66.7 Å².